The molecule has 1 unspecified atom stereocenters. The number of amides is 1. The number of aliphatic carboxylic acids is 1. The zero-order valence-electron chi connectivity index (χ0n) is 13.0. The first-order chi connectivity index (χ1) is 9.70. The lowest BCUT2D eigenvalue weighted by molar-refractivity contribution is -0.148. The van der Waals surface area contributed by atoms with Crippen molar-refractivity contribution >= 4 is 23.6 Å². The van der Waals surface area contributed by atoms with Crippen LogP contribution in [0, 0.1) is 0 Å². The fraction of sp³-hybridized carbons (Fsp3) is 0.500. The van der Waals surface area contributed by atoms with E-state index in [1.807, 2.05) is 51.1 Å². The van der Waals surface area contributed by atoms with E-state index in [9.17, 15) is 14.7 Å². The smallest absolute Gasteiger partial charge is 0.326 e. The highest BCUT2D eigenvalue weighted by molar-refractivity contribution is 8.01. The standard InChI is InChI=1S/C16H23NO3S/c1-12(15(19)20)17(10-13-8-6-5-7-9-13)14(18)11-21-16(2,3)4/h5-9,12H,10-11H2,1-4H3,(H,19,20). The van der Waals surface area contributed by atoms with Crippen LogP contribution in [0.5, 0.6) is 0 Å². The molecule has 0 aliphatic rings. The van der Waals surface area contributed by atoms with E-state index >= 15 is 0 Å². The van der Waals surface area contributed by atoms with E-state index in [4.69, 9.17) is 0 Å². The molecule has 4 nitrogen and oxygen atoms in total. The third-order valence-corrected chi connectivity index (χ3v) is 4.23. The highest BCUT2D eigenvalue weighted by Crippen LogP contribution is 2.24. The summed E-state index contributed by atoms with van der Waals surface area (Å²) in [5, 5.41) is 9.21. The van der Waals surface area contributed by atoms with Gasteiger partial charge in [-0.2, -0.15) is 0 Å². The minimum Gasteiger partial charge on any atom is -0.480 e. The van der Waals surface area contributed by atoms with Crippen LogP contribution in [0.3, 0.4) is 0 Å². The number of hydrogen-bond donors (Lipinski definition) is 1. The maximum atomic E-state index is 12.4. The summed E-state index contributed by atoms with van der Waals surface area (Å²) in [4.78, 5) is 25.0. The van der Waals surface area contributed by atoms with Crippen molar-refractivity contribution in [2.45, 2.75) is 45.0 Å². The molecule has 1 rings (SSSR count). The maximum absolute atomic E-state index is 12.4. The summed E-state index contributed by atoms with van der Waals surface area (Å²) in [6, 6.07) is 8.61. The van der Waals surface area contributed by atoms with Gasteiger partial charge >= 0.3 is 5.97 Å². The second kappa shape index (κ2) is 7.50. The lowest BCUT2D eigenvalue weighted by Crippen LogP contribution is -2.44. The normalized spacial score (nSPS) is 12.8. The summed E-state index contributed by atoms with van der Waals surface area (Å²) in [5.41, 5.74) is 0.930. The zero-order chi connectivity index (χ0) is 16.0. The third-order valence-electron chi connectivity index (χ3n) is 2.97. The molecule has 0 bridgehead atoms. The molecule has 1 atom stereocenters. The van der Waals surface area contributed by atoms with Gasteiger partial charge in [0, 0.05) is 11.3 Å². The molecule has 1 aromatic carbocycles. The zero-order valence-corrected chi connectivity index (χ0v) is 13.8. The van der Waals surface area contributed by atoms with E-state index in [2.05, 4.69) is 0 Å². The van der Waals surface area contributed by atoms with Gasteiger partial charge < -0.3 is 10.0 Å². The van der Waals surface area contributed by atoms with Crippen molar-refractivity contribution < 1.29 is 14.7 Å². The Bertz CT molecular complexity index is 482. The van der Waals surface area contributed by atoms with Gasteiger partial charge in [-0.15, -0.1) is 11.8 Å². The molecule has 0 spiro atoms. The summed E-state index contributed by atoms with van der Waals surface area (Å²) in [6.45, 7) is 7.97. The molecule has 0 aliphatic heterocycles. The van der Waals surface area contributed by atoms with Crippen molar-refractivity contribution in [3.8, 4) is 0 Å². The van der Waals surface area contributed by atoms with Crippen LogP contribution in [-0.2, 0) is 16.1 Å². The molecular weight excluding hydrogens is 286 g/mol. The average Bonchev–Trinajstić information content (AvgIpc) is 2.41. The van der Waals surface area contributed by atoms with Gasteiger partial charge in [0.15, 0.2) is 0 Å². The molecule has 21 heavy (non-hydrogen) atoms. The molecule has 116 valence electrons. The summed E-state index contributed by atoms with van der Waals surface area (Å²) >= 11 is 1.53. The van der Waals surface area contributed by atoms with Crippen LogP contribution in [0.4, 0.5) is 0 Å². The number of carboxylic acid groups (broad SMARTS) is 1. The molecular formula is C16H23NO3S. The second-order valence-electron chi connectivity index (χ2n) is 5.92. The van der Waals surface area contributed by atoms with Gasteiger partial charge in [-0.05, 0) is 12.5 Å². The van der Waals surface area contributed by atoms with Gasteiger partial charge in [0.1, 0.15) is 6.04 Å². The SMILES string of the molecule is CC(C(=O)O)N(Cc1ccccc1)C(=O)CSC(C)(C)C. The summed E-state index contributed by atoms with van der Waals surface area (Å²) < 4.78 is -0.0272. The van der Waals surface area contributed by atoms with Crippen LogP contribution in [0.25, 0.3) is 0 Å². The minimum atomic E-state index is -0.986. The molecule has 1 aromatic rings. The van der Waals surface area contributed by atoms with E-state index in [0.29, 0.717) is 6.54 Å². The first kappa shape index (κ1) is 17.6. The Morgan fingerprint density at radius 3 is 2.29 bits per heavy atom. The van der Waals surface area contributed by atoms with Gasteiger partial charge in [0.25, 0.3) is 0 Å². The van der Waals surface area contributed by atoms with Gasteiger partial charge in [0.05, 0.1) is 5.75 Å². The molecule has 0 saturated carbocycles. The first-order valence-electron chi connectivity index (χ1n) is 6.91. The van der Waals surface area contributed by atoms with Crippen LogP contribution in [0.1, 0.15) is 33.3 Å². The Balaban J connectivity index is 2.82. The maximum Gasteiger partial charge on any atom is 0.326 e. The first-order valence-corrected chi connectivity index (χ1v) is 7.89. The van der Waals surface area contributed by atoms with E-state index in [1.165, 1.54) is 16.7 Å². The monoisotopic (exact) mass is 309 g/mol. The topological polar surface area (TPSA) is 57.6 Å². The van der Waals surface area contributed by atoms with Crippen LogP contribution in [0.2, 0.25) is 0 Å². The quantitative estimate of drug-likeness (QED) is 0.877. The average molecular weight is 309 g/mol. The lowest BCUT2D eigenvalue weighted by atomic mass is 10.2. The van der Waals surface area contributed by atoms with E-state index in [-0.39, 0.29) is 16.4 Å². The molecule has 0 fully saturated rings. The van der Waals surface area contributed by atoms with Crippen molar-refractivity contribution in [1.29, 1.82) is 0 Å². The Hall–Kier alpha value is -1.49. The lowest BCUT2D eigenvalue weighted by Gasteiger charge is -2.28. The minimum absolute atomic E-state index is 0.0272. The predicted octanol–water partition coefficient (Wildman–Crippen LogP) is 3.02. The fourth-order valence-corrected chi connectivity index (χ4v) is 2.44. The van der Waals surface area contributed by atoms with Gasteiger partial charge in [-0.25, -0.2) is 4.79 Å². The molecule has 1 amide bonds. The highest BCUT2D eigenvalue weighted by atomic mass is 32.2. The van der Waals surface area contributed by atoms with Crippen LogP contribution >= 0.6 is 11.8 Å². The number of hydrogen-bond acceptors (Lipinski definition) is 3. The highest BCUT2D eigenvalue weighted by Gasteiger charge is 2.26. The van der Waals surface area contributed by atoms with Gasteiger partial charge in [-0.3, -0.25) is 4.79 Å². The second-order valence-corrected chi connectivity index (χ2v) is 7.72. The van der Waals surface area contributed by atoms with E-state index in [1.54, 1.807) is 6.92 Å². The number of carboxylic acids is 1. The molecule has 1 N–H and O–H groups in total. The molecule has 0 aliphatic carbocycles. The summed E-state index contributed by atoms with van der Waals surface area (Å²) in [5.74, 6) is -0.845. The largest absolute Gasteiger partial charge is 0.480 e. The van der Waals surface area contributed by atoms with Crippen molar-refractivity contribution in [2.24, 2.45) is 0 Å². The number of carbonyl (C=O) groups is 2. The molecule has 5 heteroatoms. The number of benzene rings is 1. The molecule has 0 heterocycles. The van der Waals surface area contributed by atoms with E-state index in [0.717, 1.165) is 5.56 Å². The number of rotatable bonds is 6. The van der Waals surface area contributed by atoms with Crippen LogP contribution in [-0.4, -0.2) is 38.4 Å². The Morgan fingerprint density at radius 1 is 1.24 bits per heavy atom. The van der Waals surface area contributed by atoms with Gasteiger partial charge in [0.2, 0.25) is 5.91 Å². The van der Waals surface area contributed by atoms with Crippen molar-refractivity contribution in [3.63, 3.8) is 0 Å². The van der Waals surface area contributed by atoms with E-state index < -0.39 is 12.0 Å². The fourth-order valence-electron chi connectivity index (χ4n) is 1.72. The Morgan fingerprint density at radius 2 is 1.81 bits per heavy atom. The Labute approximate surface area is 130 Å². The molecule has 0 aromatic heterocycles. The number of thioether (sulfide) groups is 1. The third kappa shape index (κ3) is 6.21. The van der Waals surface area contributed by atoms with Crippen molar-refractivity contribution in [1.82, 2.24) is 4.90 Å². The summed E-state index contributed by atoms with van der Waals surface area (Å²) in [7, 11) is 0. The van der Waals surface area contributed by atoms with Crippen molar-refractivity contribution in [3.05, 3.63) is 35.9 Å². The number of carbonyl (C=O) groups excluding carboxylic acids is 1. The van der Waals surface area contributed by atoms with Crippen molar-refractivity contribution in [2.75, 3.05) is 5.75 Å². The predicted molar refractivity (Wildman–Crippen MR) is 86.3 cm³/mol. The summed E-state index contributed by atoms with van der Waals surface area (Å²) in [6.07, 6.45) is 0. The number of nitrogens with zero attached hydrogens (tertiary/aromatic N) is 1. The Kier molecular flexibility index (Phi) is 6.27. The molecule has 0 radical (unpaired) electrons. The molecule has 0 saturated heterocycles. The van der Waals surface area contributed by atoms with Crippen LogP contribution < -0.4 is 0 Å². The van der Waals surface area contributed by atoms with Gasteiger partial charge in [-0.1, -0.05) is 51.1 Å². The van der Waals surface area contributed by atoms with Crippen LogP contribution in [0.15, 0.2) is 30.3 Å².